The summed E-state index contributed by atoms with van der Waals surface area (Å²) in [6.45, 7) is 5.78. The number of aromatic nitrogens is 1. The van der Waals surface area contributed by atoms with Crippen molar-refractivity contribution in [2.75, 3.05) is 6.54 Å². The minimum absolute atomic E-state index is 0.308. The maximum atomic E-state index is 4.45. The number of hydrogen-bond donors (Lipinski definition) is 1. The molecule has 1 N–H and O–H groups in total. The van der Waals surface area contributed by atoms with Crippen molar-refractivity contribution in [3.63, 3.8) is 0 Å². The molecule has 1 saturated heterocycles. The van der Waals surface area contributed by atoms with Crippen LogP contribution in [0.2, 0.25) is 0 Å². The van der Waals surface area contributed by atoms with Gasteiger partial charge in [0.2, 0.25) is 0 Å². The van der Waals surface area contributed by atoms with Gasteiger partial charge < -0.3 is 5.32 Å². The van der Waals surface area contributed by atoms with Crippen molar-refractivity contribution in [3.8, 4) is 0 Å². The van der Waals surface area contributed by atoms with Crippen LogP contribution in [0.3, 0.4) is 0 Å². The van der Waals surface area contributed by atoms with Gasteiger partial charge in [0.25, 0.3) is 0 Å². The molecule has 1 unspecified atom stereocenters. The third-order valence-electron chi connectivity index (χ3n) is 3.38. The summed E-state index contributed by atoms with van der Waals surface area (Å²) in [5.41, 5.74) is 1.53. The summed E-state index contributed by atoms with van der Waals surface area (Å²) in [5, 5.41) is 3.71. The fraction of sp³-hybridized carbons (Fsp3) is 0.643. The van der Waals surface area contributed by atoms with Crippen molar-refractivity contribution >= 4 is 0 Å². The first kappa shape index (κ1) is 11.6. The molecule has 0 spiro atoms. The Morgan fingerprint density at radius 3 is 2.88 bits per heavy atom. The van der Waals surface area contributed by atoms with Crippen LogP contribution >= 0.6 is 0 Å². The van der Waals surface area contributed by atoms with E-state index in [1.54, 1.807) is 0 Å². The third-order valence-corrected chi connectivity index (χ3v) is 3.38. The van der Waals surface area contributed by atoms with Crippen LogP contribution in [-0.4, -0.2) is 17.1 Å². The Morgan fingerprint density at radius 1 is 1.44 bits per heavy atom. The predicted octanol–water partition coefficient (Wildman–Crippen LogP) is 2.79. The van der Waals surface area contributed by atoms with E-state index < -0.39 is 0 Å². The maximum absolute atomic E-state index is 4.45. The zero-order chi connectivity index (χ0) is 11.4. The van der Waals surface area contributed by atoms with E-state index in [4.69, 9.17) is 0 Å². The number of pyridine rings is 1. The number of nitrogens with zero attached hydrogens (tertiary/aromatic N) is 1. The lowest BCUT2D eigenvalue weighted by atomic mass is 9.83. The first-order valence-electron chi connectivity index (χ1n) is 6.35. The van der Waals surface area contributed by atoms with Gasteiger partial charge in [0, 0.05) is 23.9 Å². The Kier molecular flexibility index (Phi) is 3.59. The molecular formula is C14H22N2. The van der Waals surface area contributed by atoms with E-state index in [1.165, 1.54) is 31.5 Å². The van der Waals surface area contributed by atoms with E-state index in [0.717, 1.165) is 12.3 Å². The number of nitrogens with one attached hydrogen (secondary N) is 1. The van der Waals surface area contributed by atoms with Gasteiger partial charge >= 0.3 is 0 Å². The molecule has 0 saturated carbocycles. The minimum Gasteiger partial charge on any atom is -0.311 e. The fourth-order valence-electron chi connectivity index (χ4n) is 2.90. The average Bonchev–Trinajstić information content (AvgIpc) is 2.66. The Bertz CT molecular complexity index is 313. The van der Waals surface area contributed by atoms with Crippen molar-refractivity contribution < 1.29 is 0 Å². The highest BCUT2D eigenvalue weighted by molar-refractivity contribution is 5.10. The number of rotatable bonds is 4. The molecule has 1 aromatic rings. The van der Waals surface area contributed by atoms with Crippen LogP contribution in [-0.2, 0) is 6.42 Å². The molecule has 0 amide bonds. The molecule has 88 valence electrons. The second kappa shape index (κ2) is 4.96. The SMILES string of the molecule is CC(C)CC1(Cc2ccccn2)CCCN1. The molecule has 1 aliphatic heterocycles. The van der Waals surface area contributed by atoms with Crippen molar-refractivity contribution in [2.45, 2.75) is 45.1 Å². The quantitative estimate of drug-likeness (QED) is 0.840. The van der Waals surface area contributed by atoms with E-state index in [-0.39, 0.29) is 0 Å². The molecule has 0 aliphatic carbocycles. The van der Waals surface area contributed by atoms with E-state index in [1.807, 2.05) is 12.3 Å². The molecule has 0 bridgehead atoms. The van der Waals surface area contributed by atoms with Crippen LogP contribution < -0.4 is 5.32 Å². The van der Waals surface area contributed by atoms with Gasteiger partial charge in [-0.25, -0.2) is 0 Å². The third kappa shape index (κ3) is 2.82. The predicted molar refractivity (Wildman–Crippen MR) is 67.4 cm³/mol. The summed E-state index contributed by atoms with van der Waals surface area (Å²) < 4.78 is 0. The highest BCUT2D eigenvalue weighted by Crippen LogP contribution is 2.29. The van der Waals surface area contributed by atoms with E-state index in [9.17, 15) is 0 Å². The first-order valence-corrected chi connectivity index (χ1v) is 6.35. The summed E-state index contributed by atoms with van der Waals surface area (Å²) in [5.74, 6) is 0.745. The Hall–Kier alpha value is -0.890. The minimum atomic E-state index is 0.308. The van der Waals surface area contributed by atoms with Crippen LogP contribution in [0.4, 0.5) is 0 Å². The van der Waals surface area contributed by atoms with Gasteiger partial charge in [-0.2, -0.15) is 0 Å². The van der Waals surface area contributed by atoms with Crippen molar-refractivity contribution in [3.05, 3.63) is 30.1 Å². The summed E-state index contributed by atoms with van der Waals surface area (Å²) in [7, 11) is 0. The molecule has 2 rings (SSSR count). The van der Waals surface area contributed by atoms with Crippen LogP contribution in [0.5, 0.6) is 0 Å². The van der Waals surface area contributed by atoms with E-state index >= 15 is 0 Å². The molecule has 2 heteroatoms. The largest absolute Gasteiger partial charge is 0.311 e. The zero-order valence-electron chi connectivity index (χ0n) is 10.4. The molecule has 2 nitrogen and oxygen atoms in total. The summed E-state index contributed by atoms with van der Waals surface area (Å²) in [6, 6.07) is 6.21. The van der Waals surface area contributed by atoms with Gasteiger partial charge in [-0.1, -0.05) is 19.9 Å². The van der Waals surface area contributed by atoms with Crippen molar-refractivity contribution in [1.29, 1.82) is 0 Å². The molecule has 0 aromatic carbocycles. The van der Waals surface area contributed by atoms with E-state index in [2.05, 4.69) is 36.3 Å². The summed E-state index contributed by atoms with van der Waals surface area (Å²) >= 11 is 0. The lowest BCUT2D eigenvalue weighted by Crippen LogP contribution is -2.43. The number of hydrogen-bond acceptors (Lipinski definition) is 2. The van der Waals surface area contributed by atoms with E-state index in [0.29, 0.717) is 5.54 Å². The van der Waals surface area contributed by atoms with Gasteiger partial charge in [-0.15, -0.1) is 0 Å². The van der Waals surface area contributed by atoms with Crippen molar-refractivity contribution in [2.24, 2.45) is 5.92 Å². The van der Waals surface area contributed by atoms with Gasteiger partial charge in [0.05, 0.1) is 0 Å². The second-order valence-corrected chi connectivity index (χ2v) is 5.41. The summed E-state index contributed by atoms with van der Waals surface area (Å²) in [4.78, 5) is 4.45. The molecule has 1 fully saturated rings. The Balaban J connectivity index is 2.08. The van der Waals surface area contributed by atoms with Crippen LogP contribution in [0, 0.1) is 5.92 Å². The molecular weight excluding hydrogens is 196 g/mol. The topological polar surface area (TPSA) is 24.9 Å². The van der Waals surface area contributed by atoms with Gasteiger partial charge in [0.1, 0.15) is 0 Å². The highest BCUT2D eigenvalue weighted by Gasteiger charge is 2.34. The standard InChI is InChI=1S/C14H22N2/c1-12(2)10-14(7-5-9-16-14)11-13-6-3-4-8-15-13/h3-4,6,8,12,16H,5,7,9-11H2,1-2H3. The molecule has 1 atom stereocenters. The van der Waals surface area contributed by atoms with Crippen LogP contribution in [0.1, 0.15) is 38.8 Å². The molecule has 0 radical (unpaired) electrons. The fourth-order valence-corrected chi connectivity index (χ4v) is 2.90. The van der Waals surface area contributed by atoms with Gasteiger partial charge in [0.15, 0.2) is 0 Å². The Labute approximate surface area is 98.5 Å². The smallest absolute Gasteiger partial charge is 0.0421 e. The zero-order valence-corrected chi connectivity index (χ0v) is 10.4. The van der Waals surface area contributed by atoms with Gasteiger partial charge in [-0.3, -0.25) is 4.98 Å². The molecule has 1 aliphatic rings. The lowest BCUT2D eigenvalue weighted by Gasteiger charge is -2.31. The van der Waals surface area contributed by atoms with Crippen LogP contribution in [0.15, 0.2) is 24.4 Å². The monoisotopic (exact) mass is 218 g/mol. The normalized spacial score (nSPS) is 25.2. The lowest BCUT2D eigenvalue weighted by molar-refractivity contribution is 0.299. The first-order chi connectivity index (χ1) is 7.70. The second-order valence-electron chi connectivity index (χ2n) is 5.41. The van der Waals surface area contributed by atoms with Gasteiger partial charge in [-0.05, 0) is 43.9 Å². The molecule has 1 aromatic heterocycles. The molecule has 2 heterocycles. The summed E-state index contributed by atoms with van der Waals surface area (Å²) in [6.07, 6.45) is 6.82. The average molecular weight is 218 g/mol. The molecule has 16 heavy (non-hydrogen) atoms. The van der Waals surface area contributed by atoms with Crippen molar-refractivity contribution in [1.82, 2.24) is 10.3 Å². The maximum Gasteiger partial charge on any atom is 0.0421 e. The Morgan fingerprint density at radius 2 is 2.31 bits per heavy atom. The van der Waals surface area contributed by atoms with Crippen LogP contribution in [0.25, 0.3) is 0 Å². The highest BCUT2D eigenvalue weighted by atomic mass is 15.0.